The summed E-state index contributed by atoms with van der Waals surface area (Å²) in [5.41, 5.74) is 2.54. The molecule has 1 heterocycles. The average molecular weight is 294 g/mol. The number of imidazole rings is 1. The van der Waals surface area contributed by atoms with E-state index in [1.54, 1.807) is 30.3 Å². The number of rotatable bonds is 3. The Kier molecular flexibility index (Phi) is 3.20. The number of methoxy groups -OCH3 is 1. The maximum Gasteiger partial charge on any atom is 0.310 e. The van der Waals surface area contributed by atoms with Crippen LogP contribution >= 0.6 is 0 Å². The van der Waals surface area contributed by atoms with Crippen molar-refractivity contribution in [2.45, 2.75) is 0 Å². The summed E-state index contributed by atoms with van der Waals surface area (Å²) in [4.78, 5) is 17.9. The number of hydrogen-bond acceptors (Lipinski definition) is 5. The molecule has 0 aliphatic heterocycles. The zero-order chi connectivity index (χ0) is 15.7. The first-order valence-electron chi connectivity index (χ1n) is 6.35. The minimum atomic E-state index is -0.500. The van der Waals surface area contributed by atoms with E-state index in [1.807, 2.05) is 0 Å². The Morgan fingerprint density at radius 2 is 2.14 bits per heavy atom. The third-order valence-electron chi connectivity index (χ3n) is 3.26. The van der Waals surface area contributed by atoms with Crippen LogP contribution in [0.4, 0.5) is 5.69 Å². The van der Waals surface area contributed by atoms with Gasteiger partial charge in [-0.3, -0.25) is 10.1 Å². The van der Waals surface area contributed by atoms with Crippen molar-refractivity contribution in [3.63, 3.8) is 0 Å². The van der Waals surface area contributed by atoms with E-state index in [0.29, 0.717) is 22.5 Å². The summed E-state index contributed by atoms with van der Waals surface area (Å²) in [7, 11) is 1.38. The van der Waals surface area contributed by atoms with Gasteiger partial charge >= 0.3 is 5.69 Å². The number of nitrogens with one attached hydrogen (secondary N) is 1. The smallest absolute Gasteiger partial charge is 0.310 e. The maximum absolute atomic E-state index is 10.9. The second-order valence-corrected chi connectivity index (χ2v) is 4.57. The van der Waals surface area contributed by atoms with Gasteiger partial charge < -0.3 is 9.72 Å². The van der Waals surface area contributed by atoms with Crippen molar-refractivity contribution < 1.29 is 9.66 Å². The topological polar surface area (TPSA) is 105 Å². The van der Waals surface area contributed by atoms with Crippen LogP contribution < -0.4 is 4.74 Å². The molecule has 3 aromatic rings. The van der Waals surface area contributed by atoms with Crippen LogP contribution in [0, 0.1) is 21.4 Å². The number of nitrogens with zero attached hydrogens (tertiary/aromatic N) is 3. The molecule has 7 nitrogen and oxygen atoms in total. The number of aromatic nitrogens is 2. The van der Waals surface area contributed by atoms with Gasteiger partial charge in [-0.2, -0.15) is 5.26 Å². The molecular weight excluding hydrogens is 284 g/mol. The summed E-state index contributed by atoms with van der Waals surface area (Å²) >= 11 is 0. The van der Waals surface area contributed by atoms with E-state index in [2.05, 4.69) is 16.0 Å². The van der Waals surface area contributed by atoms with Gasteiger partial charge in [0.2, 0.25) is 0 Å². The third kappa shape index (κ3) is 2.23. The largest absolute Gasteiger partial charge is 0.490 e. The number of fused-ring (bicyclic) bond motifs is 1. The fourth-order valence-corrected chi connectivity index (χ4v) is 2.19. The Morgan fingerprint density at radius 3 is 2.82 bits per heavy atom. The molecule has 0 radical (unpaired) electrons. The summed E-state index contributed by atoms with van der Waals surface area (Å²) in [5.74, 6) is 0.721. The lowest BCUT2D eigenvalue weighted by Crippen LogP contribution is -1.94. The van der Waals surface area contributed by atoms with Crippen LogP contribution in [0.25, 0.3) is 22.4 Å². The van der Waals surface area contributed by atoms with Crippen LogP contribution in [-0.4, -0.2) is 22.0 Å². The second kappa shape index (κ2) is 5.18. The van der Waals surface area contributed by atoms with Crippen molar-refractivity contribution in [3.05, 3.63) is 52.1 Å². The Hall–Kier alpha value is -3.40. The molecule has 0 bridgehead atoms. The number of nitro groups is 1. The van der Waals surface area contributed by atoms with Crippen molar-refractivity contribution in [2.24, 2.45) is 0 Å². The van der Waals surface area contributed by atoms with Crippen molar-refractivity contribution in [1.82, 2.24) is 9.97 Å². The normalized spacial score (nSPS) is 10.4. The van der Waals surface area contributed by atoms with Crippen LogP contribution in [0.3, 0.4) is 0 Å². The number of H-pyrrole nitrogens is 1. The highest BCUT2D eigenvalue weighted by atomic mass is 16.6. The highest BCUT2D eigenvalue weighted by Crippen LogP contribution is 2.31. The van der Waals surface area contributed by atoms with Crippen LogP contribution in [-0.2, 0) is 0 Å². The number of aromatic amines is 1. The molecular formula is C15H10N4O3. The fraction of sp³-hybridized carbons (Fsp3) is 0.0667. The molecule has 0 fully saturated rings. The lowest BCUT2D eigenvalue weighted by Gasteiger charge is -2.03. The Labute approximate surface area is 124 Å². The van der Waals surface area contributed by atoms with Crippen molar-refractivity contribution in [1.29, 1.82) is 5.26 Å². The van der Waals surface area contributed by atoms with E-state index >= 15 is 0 Å². The highest BCUT2D eigenvalue weighted by Gasteiger charge is 2.16. The molecule has 3 rings (SSSR count). The SMILES string of the molecule is COc1cc(-c2nc3ccc(C#N)cc3[nH]2)ccc1[N+](=O)[O-]. The molecule has 2 aromatic carbocycles. The molecule has 22 heavy (non-hydrogen) atoms. The molecule has 0 atom stereocenters. The van der Waals surface area contributed by atoms with E-state index in [9.17, 15) is 10.1 Å². The second-order valence-electron chi connectivity index (χ2n) is 4.57. The number of benzene rings is 2. The number of nitriles is 1. The number of nitro benzene ring substituents is 1. The Morgan fingerprint density at radius 1 is 1.32 bits per heavy atom. The van der Waals surface area contributed by atoms with Gasteiger partial charge in [-0.05, 0) is 30.3 Å². The summed E-state index contributed by atoms with van der Waals surface area (Å²) < 4.78 is 5.05. The van der Waals surface area contributed by atoms with Gasteiger partial charge in [-0.25, -0.2) is 4.98 Å². The lowest BCUT2D eigenvalue weighted by molar-refractivity contribution is -0.385. The quantitative estimate of drug-likeness (QED) is 0.590. The predicted octanol–water partition coefficient (Wildman–Crippen LogP) is 3.02. The summed E-state index contributed by atoms with van der Waals surface area (Å²) in [5, 5.41) is 19.8. The molecule has 1 aromatic heterocycles. The van der Waals surface area contributed by atoms with E-state index in [0.717, 1.165) is 5.52 Å². The monoisotopic (exact) mass is 294 g/mol. The molecule has 0 aliphatic carbocycles. The fourth-order valence-electron chi connectivity index (χ4n) is 2.19. The Balaban J connectivity index is 2.11. The third-order valence-corrected chi connectivity index (χ3v) is 3.26. The maximum atomic E-state index is 10.9. The van der Waals surface area contributed by atoms with Gasteiger partial charge in [-0.1, -0.05) is 0 Å². The van der Waals surface area contributed by atoms with Crippen molar-refractivity contribution in [3.8, 4) is 23.2 Å². The van der Waals surface area contributed by atoms with Gasteiger partial charge in [0.25, 0.3) is 0 Å². The average Bonchev–Trinajstić information content (AvgIpc) is 2.96. The molecule has 0 saturated carbocycles. The van der Waals surface area contributed by atoms with Gasteiger partial charge in [0.05, 0.1) is 34.7 Å². The molecule has 0 amide bonds. The molecule has 0 saturated heterocycles. The van der Waals surface area contributed by atoms with Crippen LogP contribution in [0.5, 0.6) is 5.75 Å². The summed E-state index contributed by atoms with van der Waals surface area (Å²) in [6, 6.07) is 11.7. The van der Waals surface area contributed by atoms with E-state index in [1.165, 1.54) is 13.2 Å². The van der Waals surface area contributed by atoms with Crippen LogP contribution in [0.1, 0.15) is 5.56 Å². The molecule has 0 spiro atoms. The van der Waals surface area contributed by atoms with Crippen LogP contribution in [0.15, 0.2) is 36.4 Å². The van der Waals surface area contributed by atoms with Crippen molar-refractivity contribution >= 4 is 16.7 Å². The molecule has 0 unspecified atom stereocenters. The molecule has 1 N–H and O–H groups in total. The van der Waals surface area contributed by atoms with Gasteiger partial charge in [-0.15, -0.1) is 0 Å². The molecule has 108 valence electrons. The predicted molar refractivity (Wildman–Crippen MR) is 79.5 cm³/mol. The summed E-state index contributed by atoms with van der Waals surface area (Å²) in [6.45, 7) is 0. The minimum Gasteiger partial charge on any atom is -0.490 e. The first-order chi connectivity index (χ1) is 10.6. The first-order valence-corrected chi connectivity index (χ1v) is 6.35. The zero-order valence-corrected chi connectivity index (χ0v) is 11.5. The van der Waals surface area contributed by atoms with Crippen LogP contribution in [0.2, 0.25) is 0 Å². The Bertz CT molecular complexity index is 924. The van der Waals surface area contributed by atoms with E-state index in [4.69, 9.17) is 10.00 Å². The lowest BCUT2D eigenvalue weighted by atomic mass is 10.2. The molecule has 7 heteroatoms. The highest BCUT2D eigenvalue weighted by molar-refractivity contribution is 5.81. The van der Waals surface area contributed by atoms with E-state index < -0.39 is 4.92 Å². The zero-order valence-electron chi connectivity index (χ0n) is 11.5. The van der Waals surface area contributed by atoms with Gasteiger partial charge in [0, 0.05) is 11.6 Å². The minimum absolute atomic E-state index is 0.103. The first kappa shape index (κ1) is 13.6. The number of ether oxygens (including phenoxy) is 1. The molecule has 0 aliphatic rings. The van der Waals surface area contributed by atoms with Gasteiger partial charge in [0.15, 0.2) is 5.75 Å². The summed E-state index contributed by atoms with van der Waals surface area (Å²) in [6.07, 6.45) is 0. The standard InChI is InChI=1S/C15H10N4O3/c1-22-14-7-10(3-5-13(14)19(20)21)15-17-11-4-2-9(8-16)6-12(11)18-15/h2-7H,1H3,(H,17,18). The number of hydrogen-bond donors (Lipinski definition) is 1. The van der Waals surface area contributed by atoms with Gasteiger partial charge in [0.1, 0.15) is 5.82 Å². The van der Waals surface area contributed by atoms with E-state index in [-0.39, 0.29) is 11.4 Å². The van der Waals surface area contributed by atoms with Crippen molar-refractivity contribution in [2.75, 3.05) is 7.11 Å².